The van der Waals surface area contributed by atoms with E-state index in [-0.39, 0.29) is 19.5 Å². The second-order valence-electron chi connectivity index (χ2n) is 11.9. The summed E-state index contributed by atoms with van der Waals surface area (Å²) in [6.07, 6.45) is 4.20. The molecule has 0 fully saturated rings. The van der Waals surface area contributed by atoms with Crippen molar-refractivity contribution in [3.63, 3.8) is 0 Å². The minimum atomic E-state index is -0.394. The number of hydrogen-bond donors (Lipinski definition) is 0. The molecule has 168 valence electrons. The van der Waals surface area contributed by atoms with E-state index in [9.17, 15) is 0 Å². The monoisotopic (exact) mass is 524 g/mol. The summed E-state index contributed by atoms with van der Waals surface area (Å²) in [5.41, 5.74) is 1.08. The molecule has 0 aromatic heterocycles. The van der Waals surface area contributed by atoms with Crippen molar-refractivity contribution < 1.29 is 19.5 Å². The first-order valence-corrected chi connectivity index (χ1v) is 13.9. The zero-order chi connectivity index (χ0) is 22.4. The molecular weight excluding hydrogens is 477 g/mol. The van der Waals surface area contributed by atoms with Gasteiger partial charge in [0.25, 0.3) is 0 Å². The first kappa shape index (κ1) is 31.5. The molecule has 3 heteroatoms. The Morgan fingerprint density at radius 2 is 1.00 bits per heavy atom. The average Bonchev–Trinajstić information content (AvgIpc) is 2.44. The third kappa shape index (κ3) is 12.7. The molecule has 0 saturated heterocycles. The van der Waals surface area contributed by atoms with Crippen LogP contribution < -0.4 is 0 Å². The topological polar surface area (TPSA) is 0 Å². The fourth-order valence-corrected chi connectivity index (χ4v) is 18.5. The molecule has 1 rings (SSSR count). The molecule has 0 aliphatic rings. The fraction of sp³-hybridized carbons (Fsp3) is 0.654. The van der Waals surface area contributed by atoms with Crippen LogP contribution in [-0.4, -0.2) is 26.5 Å². The minimum absolute atomic E-state index is 0. The van der Waals surface area contributed by atoms with Crippen LogP contribution >= 0.6 is 15.8 Å². The van der Waals surface area contributed by atoms with Gasteiger partial charge in [-0.15, -0.1) is 0 Å². The van der Waals surface area contributed by atoms with Gasteiger partial charge in [-0.3, -0.25) is 0 Å². The van der Waals surface area contributed by atoms with Crippen molar-refractivity contribution in [3.05, 3.63) is 55.0 Å². The van der Waals surface area contributed by atoms with Gasteiger partial charge >= 0.3 is 19.5 Å². The van der Waals surface area contributed by atoms with Gasteiger partial charge in [-0.25, -0.2) is 0 Å². The third-order valence-corrected chi connectivity index (χ3v) is 15.1. The summed E-state index contributed by atoms with van der Waals surface area (Å²) in [6.45, 7) is 34.7. The molecule has 0 bridgehead atoms. The molecule has 0 spiro atoms. The molecule has 0 atom stereocenters. The van der Waals surface area contributed by atoms with Crippen LogP contribution in [0.4, 0.5) is 0 Å². The van der Waals surface area contributed by atoms with Crippen LogP contribution in [-0.2, 0) is 19.5 Å². The van der Waals surface area contributed by atoms with E-state index < -0.39 is 15.8 Å². The summed E-state index contributed by atoms with van der Waals surface area (Å²) in [7, 11) is -0.788. The van der Waals surface area contributed by atoms with Crippen molar-refractivity contribution in [3.8, 4) is 0 Å². The zero-order valence-corrected chi connectivity index (χ0v) is 24.7. The molecule has 0 radical (unpaired) electrons. The smallest absolute Gasteiger partial charge is 0.676 e. The van der Waals surface area contributed by atoms with E-state index >= 15 is 0 Å². The first-order valence-electron chi connectivity index (χ1n) is 10.5. The SMILES string of the molecule is CC(C)(C)[PH+](C[PH+](C(C)(C)C)C(C)(C)C)C(C)(C)C.[CH-]=[C-][CH-]c1ccccc1.[Rh+3]. The number of hydrogen-bond acceptors (Lipinski definition) is 0. The predicted octanol–water partition coefficient (Wildman–Crippen LogP) is 8.60. The normalized spacial score (nSPS) is 12.8. The Kier molecular flexibility index (Phi) is 13.4. The van der Waals surface area contributed by atoms with E-state index in [4.69, 9.17) is 6.58 Å². The fourth-order valence-electron chi connectivity index (χ4n) is 4.13. The van der Waals surface area contributed by atoms with Crippen LogP contribution in [0.25, 0.3) is 0 Å². The summed E-state index contributed by atoms with van der Waals surface area (Å²) in [6, 6.07) is 9.83. The van der Waals surface area contributed by atoms with Gasteiger partial charge in [-0.05, 0) is 83.1 Å². The van der Waals surface area contributed by atoms with E-state index in [0.29, 0.717) is 20.6 Å². The maximum Gasteiger partial charge on any atom is 3.00 e. The number of rotatable bonds is 4. The summed E-state index contributed by atoms with van der Waals surface area (Å²) >= 11 is 0. The predicted molar refractivity (Wildman–Crippen MR) is 138 cm³/mol. The standard InChI is InChI=1S/C17H38P2.C9H7.Rh/c1-14(2,3)18(15(4,5)6)13-19(16(7,8)9)17(10,11)12;1-2-6-9-7-4-3-5-8-9;/h13H2,1-12H3;1,3-8H;/q;-3;+3/p+2. The van der Waals surface area contributed by atoms with Crippen molar-refractivity contribution in [2.45, 2.75) is 104 Å². The Hall–Kier alpha value is 0.313. The van der Waals surface area contributed by atoms with E-state index in [1.165, 1.54) is 5.90 Å². The maximum atomic E-state index is 5.05. The van der Waals surface area contributed by atoms with Crippen LogP contribution in [0.3, 0.4) is 0 Å². The van der Waals surface area contributed by atoms with Gasteiger partial charge in [0, 0.05) is 15.8 Å². The Morgan fingerprint density at radius 3 is 1.24 bits per heavy atom. The second kappa shape index (κ2) is 12.4. The molecule has 0 amide bonds. The summed E-state index contributed by atoms with van der Waals surface area (Å²) < 4.78 is 0. The second-order valence-corrected chi connectivity index (χ2v) is 21.2. The quantitative estimate of drug-likeness (QED) is 0.210. The largest absolute Gasteiger partial charge is 3.00 e. The van der Waals surface area contributed by atoms with Gasteiger partial charge in [0.2, 0.25) is 0 Å². The van der Waals surface area contributed by atoms with Crippen molar-refractivity contribution in [1.82, 2.24) is 0 Å². The molecule has 0 heterocycles. The molecule has 0 N–H and O–H groups in total. The Morgan fingerprint density at radius 1 is 0.690 bits per heavy atom. The van der Waals surface area contributed by atoms with Crippen molar-refractivity contribution >= 4 is 15.8 Å². The van der Waals surface area contributed by atoms with E-state index in [0.717, 1.165) is 5.56 Å². The van der Waals surface area contributed by atoms with Crippen molar-refractivity contribution in [2.24, 2.45) is 0 Å². The van der Waals surface area contributed by atoms with Crippen LogP contribution in [0.1, 0.15) is 88.6 Å². The van der Waals surface area contributed by atoms with Crippen LogP contribution in [0.5, 0.6) is 0 Å². The van der Waals surface area contributed by atoms with Gasteiger partial charge in [-0.2, -0.15) is 12.1 Å². The van der Waals surface area contributed by atoms with Crippen molar-refractivity contribution in [1.29, 1.82) is 0 Å². The first-order chi connectivity index (χ1) is 12.4. The van der Waals surface area contributed by atoms with E-state index in [1.54, 1.807) is 6.42 Å². The van der Waals surface area contributed by atoms with Crippen LogP contribution in [0.15, 0.2) is 30.3 Å². The van der Waals surface area contributed by atoms with E-state index in [1.807, 2.05) is 30.3 Å². The van der Waals surface area contributed by atoms with Gasteiger partial charge < -0.3 is 24.6 Å². The molecule has 0 aliphatic heterocycles. The Balaban J connectivity index is 0. The van der Waals surface area contributed by atoms with Gasteiger partial charge in [-0.1, -0.05) is 18.2 Å². The molecule has 0 aliphatic carbocycles. The Labute approximate surface area is 199 Å². The molecule has 1 aromatic rings. The number of benzene rings is 1. The van der Waals surface area contributed by atoms with E-state index in [2.05, 4.69) is 89.2 Å². The maximum absolute atomic E-state index is 5.05. The Bertz CT molecular complexity index is 508. The molecule has 0 nitrogen and oxygen atoms in total. The van der Waals surface area contributed by atoms with Crippen LogP contribution in [0, 0.1) is 19.1 Å². The molecule has 1 aromatic carbocycles. The van der Waals surface area contributed by atoms with Gasteiger partial charge in [0.1, 0.15) is 0 Å². The molecule has 29 heavy (non-hydrogen) atoms. The summed E-state index contributed by atoms with van der Waals surface area (Å²) in [5.74, 6) is 1.52. The summed E-state index contributed by atoms with van der Waals surface area (Å²) in [4.78, 5) is 0. The molecular formula is C26H47P2Rh+2. The number of allylic oxidation sites excluding steroid dienone is 1. The average molecular weight is 525 g/mol. The van der Waals surface area contributed by atoms with Crippen molar-refractivity contribution in [2.75, 3.05) is 5.90 Å². The van der Waals surface area contributed by atoms with Crippen LogP contribution in [0.2, 0.25) is 0 Å². The third-order valence-electron chi connectivity index (χ3n) is 5.02. The molecule has 0 saturated carbocycles. The zero-order valence-electron chi connectivity index (χ0n) is 21.1. The summed E-state index contributed by atoms with van der Waals surface area (Å²) in [5, 5.41) is 1.98. The molecule has 0 unspecified atom stereocenters. The van der Waals surface area contributed by atoms with Gasteiger partial charge in [0.05, 0.1) is 20.6 Å². The minimum Gasteiger partial charge on any atom is -0.676 e. The van der Waals surface area contributed by atoms with Gasteiger partial charge in [0.15, 0.2) is 5.90 Å².